The first-order valence-electron chi connectivity index (χ1n) is 19.5. The van der Waals surface area contributed by atoms with E-state index < -0.39 is 124 Å². The van der Waals surface area contributed by atoms with E-state index in [4.69, 9.17) is 34.2 Å². The van der Waals surface area contributed by atoms with Crippen molar-refractivity contribution in [2.45, 2.75) is 188 Å². The fraction of sp³-hybridized carbons (Fsp3) is 0.944. The van der Waals surface area contributed by atoms with Crippen molar-refractivity contribution in [3.8, 4) is 0 Å². The van der Waals surface area contributed by atoms with E-state index in [0.29, 0.717) is 0 Å². The first-order chi connectivity index (χ1) is 25.9. The van der Waals surface area contributed by atoms with Crippen LogP contribution < -0.4 is 5.73 Å². The van der Waals surface area contributed by atoms with Crippen molar-refractivity contribution in [2.75, 3.05) is 26.4 Å². The van der Waals surface area contributed by atoms with Crippen molar-refractivity contribution in [1.82, 2.24) is 0 Å². The summed E-state index contributed by atoms with van der Waals surface area (Å²) in [6.45, 7) is -0.413. The number of hydrogen-bond acceptors (Lipinski definition) is 18. The molecule has 0 radical (unpaired) electrons. The zero-order chi connectivity index (χ0) is 39.8. The molecule has 0 aromatic rings. The van der Waals surface area contributed by atoms with Gasteiger partial charge in [-0.25, -0.2) is 0 Å². The zero-order valence-electron chi connectivity index (χ0n) is 31.2. The van der Waals surface area contributed by atoms with Crippen LogP contribution >= 0.6 is 0 Å². The number of allylic oxidation sites excluding steroid dienone is 1. The van der Waals surface area contributed by atoms with Crippen molar-refractivity contribution in [3.05, 3.63) is 12.2 Å². The highest BCUT2D eigenvalue weighted by Gasteiger charge is 2.53. The van der Waals surface area contributed by atoms with Crippen LogP contribution in [0.25, 0.3) is 0 Å². The first-order valence-corrected chi connectivity index (χ1v) is 19.5. The van der Waals surface area contributed by atoms with Crippen molar-refractivity contribution in [3.63, 3.8) is 0 Å². The summed E-state index contributed by atoms with van der Waals surface area (Å²) >= 11 is 0. The molecule has 13 N–H and O–H groups in total. The van der Waals surface area contributed by atoms with Crippen molar-refractivity contribution in [2.24, 2.45) is 5.73 Å². The Balaban J connectivity index is 1.44. The molecule has 0 spiro atoms. The Kier molecular flexibility index (Phi) is 21.7. The first kappa shape index (κ1) is 47.4. The van der Waals surface area contributed by atoms with Gasteiger partial charge in [-0.2, -0.15) is 0 Å². The maximum Gasteiger partial charge on any atom is 0.187 e. The number of aliphatic hydroxyl groups excluding tert-OH is 11. The van der Waals surface area contributed by atoms with Gasteiger partial charge in [0.2, 0.25) is 0 Å². The molecule has 18 heteroatoms. The summed E-state index contributed by atoms with van der Waals surface area (Å²) in [5, 5.41) is 114. The number of ether oxygens (including phenoxy) is 6. The summed E-state index contributed by atoms with van der Waals surface area (Å²) in [5.74, 6) is 0. The lowest BCUT2D eigenvalue weighted by atomic mass is 9.96. The topological polar surface area (TPSA) is 304 Å². The monoisotopic (exact) mass is 785 g/mol. The number of hydrogen-bond donors (Lipinski definition) is 12. The highest BCUT2D eigenvalue weighted by Crippen LogP contribution is 2.32. The number of rotatable bonds is 24. The van der Waals surface area contributed by atoms with Crippen LogP contribution in [0.2, 0.25) is 0 Å². The fourth-order valence-corrected chi connectivity index (χ4v) is 6.79. The Morgan fingerprint density at radius 3 is 1.48 bits per heavy atom. The molecule has 0 amide bonds. The Morgan fingerprint density at radius 2 is 0.981 bits per heavy atom. The molecule has 0 bridgehead atoms. The SMILES string of the molecule is CCCCCCCCCCCCC/C=C/C(O)C(N)COC1OC(CO)C(OC2OC(CO)C(OC3OC(CO)C(O)C(O)C3O)C(O)C2O)C(O)C1O. The molecule has 3 rings (SSSR count). The van der Waals surface area contributed by atoms with E-state index >= 15 is 0 Å². The molecule has 0 aromatic heterocycles. The Labute approximate surface area is 317 Å². The third kappa shape index (κ3) is 13.6. The van der Waals surface area contributed by atoms with Gasteiger partial charge in [0.05, 0.1) is 38.6 Å². The Bertz CT molecular complexity index is 1030. The zero-order valence-corrected chi connectivity index (χ0v) is 31.2. The molecule has 0 saturated carbocycles. The minimum Gasteiger partial charge on any atom is -0.394 e. The van der Waals surface area contributed by atoms with Crippen LogP contribution in [0.4, 0.5) is 0 Å². The molecular formula is C36H67NO17. The standard InChI is InChI=1S/C36H67NO17/c1-2-3-4-5-6-7-8-9-10-11-12-13-14-15-21(41)20(37)19-49-34-30(47)27(44)32(23(17-39)51-34)54-36-31(48)28(45)33(24(18-40)52-36)53-35-29(46)26(43)25(42)22(16-38)50-35/h14-15,20-36,38-48H,2-13,16-19,37H2,1H3/b15-14+. The van der Waals surface area contributed by atoms with Crippen LogP contribution in [-0.2, 0) is 28.4 Å². The number of aliphatic hydroxyl groups is 11. The molecule has 3 aliphatic heterocycles. The molecule has 54 heavy (non-hydrogen) atoms. The highest BCUT2D eigenvalue weighted by molar-refractivity contribution is 4.97. The molecular weight excluding hydrogens is 718 g/mol. The van der Waals surface area contributed by atoms with E-state index in [2.05, 4.69) is 6.92 Å². The minimum atomic E-state index is -1.94. The summed E-state index contributed by atoms with van der Waals surface area (Å²) in [6, 6.07) is -0.908. The van der Waals surface area contributed by atoms with Gasteiger partial charge in [0, 0.05) is 0 Å². The highest BCUT2D eigenvalue weighted by atomic mass is 16.8. The smallest absolute Gasteiger partial charge is 0.187 e. The van der Waals surface area contributed by atoms with Gasteiger partial charge in [-0.15, -0.1) is 0 Å². The van der Waals surface area contributed by atoms with Gasteiger partial charge in [0.1, 0.15) is 73.2 Å². The van der Waals surface area contributed by atoms with Gasteiger partial charge in [-0.3, -0.25) is 0 Å². The quantitative estimate of drug-likeness (QED) is 0.0353. The van der Waals surface area contributed by atoms with Crippen LogP contribution in [0.15, 0.2) is 12.2 Å². The predicted octanol–water partition coefficient (Wildman–Crippen LogP) is -2.60. The number of unbranched alkanes of at least 4 members (excludes halogenated alkanes) is 11. The molecule has 17 atom stereocenters. The largest absolute Gasteiger partial charge is 0.394 e. The second-order valence-corrected chi connectivity index (χ2v) is 14.6. The normalized spacial score (nSPS) is 38.9. The van der Waals surface area contributed by atoms with Gasteiger partial charge in [-0.05, 0) is 12.8 Å². The lowest BCUT2D eigenvalue weighted by Gasteiger charge is -2.48. The van der Waals surface area contributed by atoms with Crippen molar-refractivity contribution < 1.29 is 84.6 Å². The van der Waals surface area contributed by atoms with E-state index in [-0.39, 0.29) is 6.61 Å². The molecule has 3 heterocycles. The van der Waals surface area contributed by atoms with E-state index in [1.54, 1.807) is 6.08 Å². The maximum atomic E-state index is 10.9. The predicted molar refractivity (Wildman–Crippen MR) is 189 cm³/mol. The molecule has 0 aliphatic carbocycles. The molecule has 3 aliphatic rings. The fourth-order valence-electron chi connectivity index (χ4n) is 6.79. The van der Waals surface area contributed by atoms with Crippen molar-refractivity contribution >= 4 is 0 Å². The van der Waals surface area contributed by atoms with E-state index in [1.807, 2.05) is 6.08 Å². The average molecular weight is 786 g/mol. The summed E-state index contributed by atoms with van der Waals surface area (Å²) in [6.07, 6.45) is -8.26. The summed E-state index contributed by atoms with van der Waals surface area (Å²) in [7, 11) is 0. The Hall–Kier alpha value is -0.980. The lowest BCUT2D eigenvalue weighted by molar-refractivity contribution is -0.379. The van der Waals surface area contributed by atoms with Gasteiger partial charge in [0.25, 0.3) is 0 Å². The van der Waals surface area contributed by atoms with Crippen LogP contribution in [0.3, 0.4) is 0 Å². The van der Waals surface area contributed by atoms with E-state index in [0.717, 1.165) is 19.3 Å². The van der Waals surface area contributed by atoms with Gasteiger partial charge in [0.15, 0.2) is 18.9 Å². The maximum absolute atomic E-state index is 10.9. The molecule has 18 nitrogen and oxygen atoms in total. The molecule has 3 fully saturated rings. The third-order valence-electron chi connectivity index (χ3n) is 10.3. The van der Waals surface area contributed by atoms with Gasteiger partial charge >= 0.3 is 0 Å². The Morgan fingerprint density at radius 1 is 0.556 bits per heavy atom. The van der Waals surface area contributed by atoms with E-state index in [1.165, 1.54) is 57.8 Å². The van der Waals surface area contributed by atoms with Gasteiger partial charge < -0.3 is 90.3 Å². The second-order valence-electron chi connectivity index (χ2n) is 14.6. The van der Waals surface area contributed by atoms with Crippen LogP contribution in [0, 0.1) is 0 Å². The van der Waals surface area contributed by atoms with Crippen LogP contribution in [0.5, 0.6) is 0 Å². The average Bonchev–Trinajstić information content (AvgIpc) is 3.17. The summed E-state index contributed by atoms with van der Waals surface area (Å²) < 4.78 is 33.3. The van der Waals surface area contributed by atoms with Crippen LogP contribution in [0.1, 0.15) is 84.0 Å². The van der Waals surface area contributed by atoms with Crippen LogP contribution in [-0.4, -0.2) is 187 Å². The summed E-state index contributed by atoms with van der Waals surface area (Å²) in [5.41, 5.74) is 6.08. The minimum absolute atomic E-state index is 0.285. The molecule has 3 saturated heterocycles. The molecule has 17 unspecified atom stereocenters. The summed E-state index contributed by atoms with van der Waals surface area (Å²) in [4.78, 5) is 0. The lowest BCUT2D eigenvalue weighted by Crippen LogP contribution is -2.66. The third-order valence-corrected chi connectivity index (χ3v) is 10.3. The molecule has 318 valence electrons. The van der Waals surface area contributed by atoms with E-state index in [9.17, 15) is 56.2 Å². The molecule has 0 aromatic carbocycles. The second kappa shape index (κ2) is 24.7. The van der Waals surface area contributed by atoms with Crippen molar-refractivity contribution in [1.29, 1.82) is 0 Å². The van der Waals surface area contributed by atoms with Gasteiger partial charge in [-0.1, -0.05) is 83.3 Å². The number of nitrogens with two attached hydrogens (primary N) is 1.